The van der Waals surface area contributed by atoms with Crippen LogP contribution >= 0.6 is 12.6 Å². The van der Waals surface area contributed by atoms with E-state index in [2.05, 4.69) is 17.5 Å². The summed E-state index contributed by atoms with van der Waals surface area (Å²) < 4.78 is 0. The van der Waals surface area contributed by atoms with E-state index < -0.39 is 0 Å². The van der Waals surface area contributed by atoms with Crippen LogP contribution in [0.4, 0.5) is 0 Å². The molecule has 0 aromatic heterocycles. The third kappa shape index (κ3) is 3.25. The molecule has 0 saturated carbocycles. The molecule has 1 heterocycles. The molecule has 64 valence electrons. The summed E-state index contributed by atoms with van der Waals surface area (Å²) in [5.74, 6) is 0.266. The molecule has 1 fully saturated rings. The van der Waals surface area contributed by atoms with Crippen molar-refractivity contribution in [2.45, 2.75) is 25.0 Å². The van der Waals surface area contributed by atoms with E-state index >= 15 is 0 Å². The van der Waals surface area contributed by atoms with Crippen molar-refractivity contribution in [3.8, 4) is 0 Å². The van der Waals surface area contributed by atoms with E-state index in [1.165, 1.54) is 0 Å². The Morgan fingerprint density at radius 2 is 2.09 bits per heavy atom. The molecule has 0 aromatic carbocycles. The van der Waals surface area contributed by atoms with Gasteiger partial charge < -0.3 is 0 Å². The first-order valence-corrected chi connectivity index (χ1v) is 4.60. The Morgan fingerprint density at radius 3 is 2.55 bits per heavy atom. The SMILES string of the molecule is CC(=O)CN1CCC(S)CC1. The quantitative estimate of drug-likeness (QED) is 0.628. The lowest BCUT2D eigenvalue weighted by molar-refractivity contribution is -0.118. The number of carbonyl (C=O) groups is 1. The smallest absolute Gasteiger partial charge is 0.143 e. The number of Topliss-reactive ketones (excluding diaryl/α,β-unsaturated/α-hetero) is 1. The highest BCUT2D eigenvalue weighted by Gasteiger charge is 2.16. The number of hydrogen-bond donors (Lipinski definition) is 1. The number of rotatable bonds is 2. The zero-order chi connectivity index (χ0) is 8.27. The van der Waals surface area contributed by atoms with E-state index in [-0.39, 0.29) is 5.78 Å². The first kappa shape index (κ1) is 9.07. The Labute approximate surface area is 73.4 Å². The van der Waals surface area contributed by atoms with Gasteiger partial charge in [0.1, 0.15) is 5.78 Å². The van der Waals surface area contributed by atoms with Crippen LogP contribution in [0.15, 0.2) is 0 Å². The van der Waals surface area contributed by atoms with Crippen molar-refractivity contribution in [2.75, 3.05) is 19.6 Å². The number of piperidine rings is 1. The zero-order valence-electron chi connectivity index (χ0n) is 6.92. The van der Waals surface area contributed by atoms with Crippen LogP contribution in [-0.2, 0) is 4.79 Å². The number of carbonyl (C=O) groups excluding carboxylic acids is 1. The van der Waals surface area contributed by atoms with E-state index in [4.69, 9.17) is 0 Å². The predicted octanol–water partition coefficient (Wildman–Crippen LogP) is 0.970. The lowest BCUT2D eigenvalue weighted by Crippen LogP contribution is -2.37. The summed E-state index contributed by atoms with van der Waals surface area (Å²) in [5, 5.41) is 0.554. The van der Waals surface area contributed by atoms with Gasteiger partial charge in [-0.3, -0.25) is 9.69 Å². The molecule has 0 bridgehead atoms. The second kappa shape index (κ2) is 4.12. The fraction of sp³-hybridized carbons (Fsp3) is 0.875. The van der Waals surface area contributed by atoms with Crippen molar-refractivity contribution < 1.29 is 4.79 Å². The third-order valence-corrected chi connectivity index (χ3v) is 2.52. The summed E-state index contributed by atoms with van der Waals surface area (Å²) >= 11 is 4.38. The van der Waals surface area contributed by atoms with Gasteiger partial charge in [0.05, 0.1) is 6.54 Å². The molecule has 0 aliphatic carbocycles. The van der Waals surface area contributed by atoms with Gasteiger partial charge in [0.2, 0.25) is 0 Å². The van der Waals surface area contributed by atoms with Crippen LogP contribution in [0.5, 0.6) is 0 Å². The average molecular weight is 173 g/mol. The lowest BCUT2D eigenvalue weighted by Gasteiger charge is -2.28. The fourth-order valence-corrected chi connectivity index (χ4v) is 1.62. The maximum Gasteiger partial charge on any atom is 0.143 e. The minimum Gasteiger partial charge on any atom is -0.299 e. The molecule has 2 nitrogen and oxygen atoms in total. The molecule has 0 atom stereocenters. The van der Waals surface area contributed by atoms with Gasteiger partial charge in [-0.2, -0.15) is 12.6 Å². The first-order chi connectivity index (χ1) is 5.18. The maximum atomic E-state index is 10.7. The molecular formula is C8H15NOS. The first-order valence-electron chi connectivity index (χ1n) is 4.08. The van der Waals surface area contributed by atoms with Crippen LogP contribution < -0.4 is 0 Å². The summed E-state index contributed by atoms with van der Waals surface area (Å²) in [6.07, 6.45) is 2.24. The van der Waals surface area contributed by atoms with Gasteiger partial charge in [-0.05, 0) is 32.9 Å². The average Bonchev–Trinajstić information content (AvgIpc) is 1.93. The molecule has 0 radical (unpaired) electrons. The highest BCUT2D eigenvalue weighted by molar-refractivity contribution is 7.80. The number of likely N-dealkylation sites (tertiary alicyclic amines) is 1. The summed E-state index contributed by atoms with van der Waals surface area (Å²) in [6.45, 7) is 4.34. The van der Waals surface area contributed by atoms with Crippen LogP contribution in [0.2, 0.25) is 0 Å². The van der Waals surface area contributed by atoms with Crippen LogP contribution in [0.1, 0.15) is 19.8 Å². The van der Waals surface area contributed by atoms with Gasteiger partial charge in [-0.15, -0.1) is 0 Å². The lowest BCUT2D eigenvalue weighted by atomic mass is 10.1. The molecular weight excluding hydrogens is 158 g/mol. The summed E-state index contributed by atoms with van der Waals surface area (Å²) in [6, 6.07) is 0. The molecule has 0 aromatic rings. The molecule has 11 heavy (non-hydrogen) atoms. The highest BCUT2D eigenvalue weighted by Crippen LogP contribution is 2.14. The van der Waals surface area contributed by atoms with Crippen molar-refractivity contribution in [3.05, 3.63) is 0 Å². The van der Waals surface area contributed by atoms with Crippen LogP contribution in [0.3, 0.4) is 0 Å². The second-order valence-electron chi connectivity index (χ2n) is 3.21. The van der Waals surface area contributed by atoms with Crippen LogP contribution in [0.25, 0.3) is 0 Å². The maximum absolute atomic E-state index is 10.7. The van der Waals surface area contributed by atoms with Gasteiger partial charge >= 0.3 is 0 Å². The molecule has 1 aliphatic rings. The van der Waals surface area contributed by atoms with E-state index in [1.807, 2.05) is 0 Å². The Morgan fingerprint density at radius 1 is 1.55 bits per heavy atom. The largest absolute Gasteiger partial charge is 0.299 e. The van der Waals surface area contributed by atoms with Crippen molar-refractivity contribution in [1.82, 2.24) is 4.90 Å². The van der Waals surface area contributed by atoms with Crippen molar-refractivity contribution in [3.63, 3.8) is 0 Å². The Balaban J connectivity index is 2.22. The number of nitrogens with zero attached hydrogens (tertiary/aromatic N) is 1. The minimum atomic E-state index is 0.266. The molecule has 3 heteroatoms. The Bertz CT molecular complexity index is 141. The zero-order valence-corrected chi connectivity index (χ0v) is 7.81. The number of thiol groups is 1. The number of hydrogen-bond acceptors (Lipinski definition) is 3. The van der Waals surface area contributed by atoms with Crippen LogP contribution in [0, 0.1) is 0 Å². The molecule has 1 saturated heterocycles. The second-order valence-corrected chi connectivity index (χ2v) is 3.94. The van der Waals surface area contributed by atoms with Crippen molar-refractivity contribution in [2.24, 2.45) is 0 Å². The topological polar surface area (TPSA) is 20.3 Å². The van der Waals surface area contributed by atoms with Gasteiger partial charge in [0.15, 0.2) is 0 Å². The van der Waals surface area contributed by atoms with Gasteiger partial charge in [-0.25, -0.2) is 0 Å². The highest BCUT2D eigenvalue weighted by atomic mass is 32.1. The third-order valence-electron chi connectivity index (χ3n) is 2.00. The number of ketones is 1. The fourth-order valence-electron chi connectivity index (χ4n) is 1.39. The molecule has 0 unspecified atom stereocenters. The van der Waals surface area contributed by atoms with E-state index in [1.54, 1.807) is 6.92 Å². The van der Waals surface area contributed by atoms with Gasteiger partial charge in [0.25, 0.3) is 0 Å². The minimum absolute atomic E-state index is 0.266. The summed E-state index contributed by atoms with van der Waals surface area (Å²) in [5.41, 5.74) is 0. The van der Waals surface area contributed by atoms with Crippen molar-refractivity contribution >= 4 is 18.4 Å². The van der Waals surface area contributed by atoms with E-state index in [0.717, 1.165) is 25.9 Å². The Kier molecular flexibility index (Phi) is 3.40. The van der Waals surface area contributed by atoms with E-state index in [0.29, 0.717) is 11.8 Å². The van der Waals surface area contributed by atoms with Gasteiger partial charge in [-0.1, -0.05) is 0 Å². The molecule has 1 aliphatic heterocycles. The molecule has 0 N–H and O–H groups in total. The van der Waals surface area contributed by atoms with E-state index in [9.17, 15) is 4.79 Å². The van der Waals surface area contributed by atoms with Crippen LogP contribution in [-0.4, -0.2) is 35.6 Å². The molecule has 1 rings (SSSR count). The Hall–Kier alpha value is -0.0200. The van der Waals surface area contributed by atoms with Gasteiger partial charge in [0, 0.05) is 5.25 Å². The van der Waals surface area contributed by atoms with Crippen molar-refractivity contribution in [1.29, 1.82) is 0 Å². The predicted molar refractivity (Wildman–Crippen MR) is 49.1 cm³/mol. The standard InChI is InChI=1S/C8H15NOS/c1-7(10)6-9-4-2-8(11)3-5-9/h8,11H,2-6H2,1H3. The summed E-state index contributed by atoms with van der Waals surface area (Å²) in [4.78, 5) is 12.9. The molecule has 0 spiro atoms. The summed E-state index contributed by atoms with van der Waals surface area (Å²) in [7, 11) is 0. The molecule has 0 amide bonds. The monoisotopic (exact) mass is 173 g/mol. The normalized spacial score (nSPS) is 22.0.